The standard InChI is InChI=1S/C14H18F7NO2/c1-12(2,15)9-5-3-8(4-6-9)7-22-11(23)24-10(13(16,17)18)14(19,20)21/h3,9-10H,4-7H2,1-2H3,(H,22,23)/t9-/m1/s1. The summed E-state index contributed by atoms with van der Waals surface area (Å²) in [6.45, 7) is 2.61. The predicted molar refractivity (Wildman–Crippen MR) is 71.0 cm³/mol. The number of ether oxygens (including phenoxy) is 1. The average Bonchev–Trinajstić information content (AvgIpc) is 2.39. The van der Waals surface area contributed by atoms with Crippen LogP contribution >= 0.6 is 0 Å². The molecule has 0 bridgehead atoms. The Balaban J connectivity index is 2.54. The quantitative estimate of drug-likeness (QED) is 0.580. The molecule has 1 aliphatic carbocycles. The van der Waals surface area contributed by atoms with Gasteiger partial charge in [0.1, 0.15) is 5.67 Å². The van der Waals surface area contributed by atoms with Gasteiger partial charge in [0.25, 0.3) is 6.10 Å². The first kappa shape index (κ1) is 20.6. The van der Waals surface area contributed by atoms with Gasteiger partial charge in [0, 0.05) is 6.54 Å². The Morgan fingerprint density at radius 2 is 1.75 bits per heavy atom. The number of rotatable bonds is 4. The second-order valence-electron chi connectivity index (χ2n) is 6.12. The molecule has 0 saturated heterocycles. The molecule has 0 unspecified atom stereocenters. The summed E-state index contributed by atoms with van der Waals surface area (Å²) in [5.74, 6) is -0.229. The Hall–Kier alpha value is -1.48. The number of alkyl carbamates (subject to hydrolysis) is 1. The first-order chi connectivity index (χ1) is 10.7. The minimum Gasteiger partial charge on any atom is -0.427 e. The minimum atomic E-state index is -5.75. The minimum absolute atomic E-state index is 0.229. The molecule has 24 heavy (non-hydrogen) atoms. The Kier molecular flexibility index (Phi) is 6.15. The van der Waals surface area contributed by atoms with Gasteiger partial charge in [-0.3, -0.25) is 0 Å². The second kappa shape index (κ2) is 7.18. The number of nitrogens with one attached hydrogen (secondary N) is 1. The van der Waals surface area contributed by atoms with Gasteiger partial charge in [-0.15, -0.1) is 0 Å². The summed E-state index contributed by atoms with van der Waals surface area (Å²) in [5, 5.41) is 1.86. The molecule has 1 amide bonds. The fourth-order valence-corrected chi connectivity index (χ4v) is 2.33. The number of carbonyl (C=O) groups is 1. The lowest BCUT2D eigenvalue weighted by molar-refractivity contribution is -0.306. The fraction of sp³-hybridized carbons (Fsp3) is 0.786. The Morgan fingerprint density at radius 3 is 2.12 bits per heavy atom. The number of allylic oxidation sites excluding steroid dienone is 1. The van der Waals surface area contributed by atoms with Crippen LogP contribution in [0.15, 0.2) is 11.6 Å². The normalized spacial score (nSPS) is 19.9. The van der Waals surface area contributed by atoms with Crippen LogP contribution in [-0.2, 0) is 4.74 Å². The van der Waals surface area contributed by atoms with Crippen molar-refractivity contribution < 1.29 is 40.3 Å². The van der Waals surface area contributed by atoms with Crippen molar-refractivity contribution >= 4 is 6.09 Å². The van der Waals surface area contributed by atoms with Gasteiger partial charge < -0.3 is 10.1 Å². The molecule has 0 radical (unpaired) electrons. The molecule has 3 nitrogen and oxygen atoms in total. The van der Waals surface area contributed by atoms with Gasteiger partial charge in [-0.05, 0) is 39.0 Å². The molecule has 0 saturated carbocycles. The summed E-state index contributed by atoms with van der Waals surface area (Å²) in [4.78, 5) is 11.2. The largest absolute Gasteiger partial charge is 0.434 e. The van der Waals surface area contributed by atoms with Crippen LogP contribution in [-0.4, -0.2) is 36.8 Å². The van der Waals surface area contributed by atoms with E-state index < -0.39 is 30.2 Å². The van der Waals surface area contributed by atoms with E-state index in [-0.39, 0.29) is 12.5 Å². The maximum atomic E-state index is 13.8. The van der Waals surface area contributed by atoms with Crippen LogP contribution in [0.3, 0.4) is 0 Å². The summed E-state index contributed by atoms with van der Waals surface area (Å²) in [5.41, 5.74) is -0.788. The van der Waals surface area contributed by atoms with Gasteiger partial charge in [-0.25, -0.2) is 9.18 Å². The van der Waals surface area contributed by atoms with Crippen molar-refractivity contribution in [1.82, 2.24) is 5.32 Å². The van der Waals surface area contributed by atoms with Crippen LogP contribution in [0.4, 0.5) is 35.5 Å². The number of halogens is 7. The molecular weight excluding hydrogens is 347 g/mol. The van der Waals surface area contributed by atoms with E-state index in [1.54, 1.807) is 6.08 Å². The van der Waals surface area contributed by atoms with E-state index in [2.05, 4.69) is 4.74 Å². The number of amides is 1. The summed E-state index contributed by atoms with van der Waals surface area (Å²) in [7, 11) is 0. The number of carbonyl (C=O) groups excluding carboxylic acids is 1. The van der Waals surface area contributed by atoms with E-state index >= 15 is 0 Å². The summed E-state index contributed by atoms with van der Waals surface area (Å²) in [6, 6.07) is 0. The molecule has 10 heteroatoms. The molecule has 0 aromatic rings. The van der Waals surface area contributed by atoms with Gasteiger partial charge in [-0.1, -0.05) is 11.6 Å². The highest BCUT2D eigenvalue weighted by Crippen LogP contribution is 2.36. The van der Waals surface area contributed by atoms with E-state index in [4.69, 9.17) is 0 Å². The molecular formula is C14H18F7NO2. The van der Waals surface area contributed by atoms with E-state index in [1.807, 2.05) is 5.32 Å². The lowest BCUT2D eigenvalue weighted by atomic mass is 9.80. The van der Waals surface area contributed by atoms with Crippen molar-refractivity contribution in [2.24, 2.45) is 5.92 Å². The molecule has 0 aromatic heterocycles. The SMILES string of the molecule is CC(C)(F)[C@@H]1CC=C(CNC(=O)OC(C(F)(F)F)C(F)(F)F)CC1. The molecule has 0 aliphatic heterocycles. The summed E-state index contributed by atoms with van der Waals surface area (Å²) < 4.78 is 90.7. The Bertz CT molecular complexity index is 463. The topological polar surface area (TPSA) is 38.3 Å². The number of hydrogen-bond donors (Lipinski definition) is 1. The lowest BCUT2D eigenvalue weighted by Gasteiger charge is -2.30. The van der Waals surface area contributed by atoms with Crippen molar-refractivity contribution in [3.05, 3.63) is 11.6 Å². The van der Waals surface area contributed by atoms with Gasteiger partial charge in [0.2, 0.25) is 0 Å². The molecule has 1 N–H and O–H groups in total. The van der Waals surface area contributed by atoms with Gasteiger partial charge in [0.05, 0.1) is 0 Å². The van der Waals surface area contributed by atoms with Gasteiger partial charge in [0.15, 0.2) is 0 Å². The van der Waals surface area contributed by atoms with E-state index in [0.29, 0.717) is 24.8 Å². The molecule has 1 rings (SSSR count). The van der Waals surface area contributed by atoms with E-state index in [0.717, 1.165) is 0 Å². The second-order valence-corrected chi connectivity index (χ2v) is 6.12. The van der Waals surface area contributed by atoms with Gasteiger partial charge >= 0.3 is 18.4 Å². The molecule has 1 aliphatic rings. The molecule has 0 spiro atoms. The van der Waals surface area contributed by atoms with Gasteiger partial charge in [-0.2, -0.15) is 26.3 Å². The molecule has 0 aromatic carbocycles. The third-order valence-electron chi connectivity index (χ3n) is 3.76. The van der Waals surface area contributed by atoms with E-state index in [1.165, 1.54) is 13.8 Å². The zero-order valence-electron chi connectivity index (χ0n) is 13.0. The van der Waals surface area contributed by atoms with Crippen LogP contribution in [0.25, 0.3) is 0 Å². The highest BCUT2D eigenvalue weighted by atomic mass is 19.4. The van der Waals surface area contributed by atoms with Crippen molar-refractivity contribution in [3.63, 3.8) is 0 Å². The molecule has 140 valence electrons. The fourth-order valence-electron chi connectivity index (χ4n) is 2.33. The summed E-state index contributed by atoms with van der Waals surface area (Å²) >= 11 is 0. The van der Waals surface area contributed by atoms with Crippen LogP contribution in [0.5, 0.6) is 0 Å². The van der Waals surface area contributed by atoms with Crippen LogP contribution < -0.4 is 5.32 Å². The van der Waals surface area contributed by atoms with Crippen LogP contribution in [0.2, 0.25) is 0 Å². The molecule has 1 atom stereocenters. The summed E-state index contributed by atoms with van der Waals surface area (Å²) in [6.07, 6.45) is -14.6. The van der Waals surface area contributed by atoms with E-state index in [9.17, 15) is 35.5 Å². The highest BCUT2D eigenvalue weighted by molar-refractivity contribution is 5.67. The van der Waals surface area contributed by atoms with Crippen molar-refractivity contribution in [2.75, 3.05) is 6.54 Å². The zero-order chi connectivity index (χ0) is 18.8. The number of hydrogen-bond acceptors (Lipinski definition) is 2. The third kappa shape index (κ3) is 6.20. The Labute approximate surface area is 134 Å². The van der Waals surface area contributed by atoms with Crippen molar-refractivity contribution in [1.29, 1.82) is 0 Å². The average molecular weight is 365 g/mol. The smallest absolute Gasteiger partial charge is 0.427 e. The first-order valence-corrected chi connectivity index (χ1v) is 7.16. The Morgan fingerprint density at radius 1 is 1.21 bits per heavy atom. The zero-order valence-corrected chi connectivity index (χ0v) is 13.0. The highest BCUT2D eigenvalue weighted by Gasteiger charge is 2.60. The third-order valence-corrected chi connectivity index (χ3v) is 3.76. The maximum Gasteiger partial charge on any atom is 0.434 e. The van der Waals surface area contributed by atoms with Crippen LogP contribution in [0.1, 0.15) is 33.1 Å². The van der Waals surface area contributed by atoms with Crippen molar-refractivity contribution in [3.8, 4) is 0 Å². The first-order valence-electron chi connectivity index (χ1n) is 7.16. The predicted octanol–water partition coefficient (Wildman–Crippen LogP) is 4.68. The van der Waals surface area contributed by atoms with Crippen LogP contribution in [0, 0.1) is 5.92 Å². The number of alkyl halides is 7. The maximum absolute atomic E-state index is 13.8. The molecule has 0 heterocycles. The lowest BCUT2D eigenvalue weighted by Crippen LogP contribution is -2.47. The molecule has 0 fully saturated rings. The van der Waals surface area contributed by atoms with Crippen molar-refractivity contribution in [2.45, 2.75) is 57.2 Å². The monoisotopic (exact) mass is 365 g/mol.